The van der Waals surface area contributed by atoms with Crippen LogP contribution in [0.5, 0.6) is 0 Å². The fourth-order valence-corrected chi connectivity index (χ4v) is 3.49. The molecule has 0 aliphatic rings. The normalized spacial score (nSPS) is 12.4. The van der Waals surface area contributed by atoms with E-state index in [0.29, 0.717) is 22.2 Å². The minimum absolute atomic E-state index is 0.0928. The van der Waals surface area contributed by atoms with E-state index in [9.17, 15) is 14.0 Å². The Morgan fingerprint density at radius 2 is 2.00 bits per heavy atom. The van der Waals surface area contributed by atoms with E-state index in [-0.39, 0.29) is 24.0 Å². The molecule has 0 aliphatic heterocycles. The molecule has 22 heavy (non-hydrogen) atoms. The van der Waals surface area contributed by atoms with Gasteiger partial charge in [-0.25, -0.2) is 4.39 Å². The highest BCUT2D eigenvalue weighted by molar-refractivity contribution is 7.20. The summed E-state index contributed by atoms with van der Waals surface area (Å²) < 4.78 is 19.7. The van der Waals surface area contributed by atoms with Gasteiger partial charge in [-0.1, -0.05) is 6.92 Å². The number of carbonyl (C=O) groups is 2. The number of ether oxygens (including phenoxy) is 1. The maximum absolute atomic E-state index is 14.3. The molecule has 0 saturated carbocycles. The van der Waals surface area contributed by atoms with Crippen molar-refractivity contribution < 1.29 is 18.7 Å². The second-order valence-electron chi connectivity index (χ2n) is 5.41. The third kappa shape index (κ3) is 3.04. The number of carbonyl (C=O) groups excluding carboxylic acids is 2. The Morgan fingerprint density at radius 3 is 2.59 bits per heavy atom. The first-order valence-electron chi connectivity index (χ1n) is 7.19. The topological polar surface area (TPSA) is 43.4 Å². The van der Waals surface area contributed by atoms with Gasteiger partial charge in [-0.05, 0) is 43.5 Å². The zero-order valence-corrected chi connectivity index (χ0v) is 14.0. The molecule has 0 spiro atoms. The lowest BCUT2D eigenvalue weighted by atomic mass is 9.99. The Morgan fingerprint density at radius 1 is 1.32 bits per heavy atom. The van der Waals surface area contributed by atoms with Crippen LogP contribution in [0.2, 0.25) is 0 Å². The quantitative estimate of drug-likeness (QED) is 0.604. The van der Waals surface area contributed by atoms with Gasteiger partial charge >= 0.3 is 5.97 Å². The maximum Gasteiger partial charge on any atom is 0.309 e. The highest BCUT2D eigenvalue weighted by Gasteiger charge is 2.23. The van der Waals surface area contributed by atoms with Crippen LogP contribution in [-0.2, 0) is 9.53 Å². The molecule has 1 heterocycles. The van der Waals surface area contributed by atoms with Crippen molar-refractivity contribution in [2.75, 3.05) is 7.11 Å². The van der Waals surface area contributed by atoms with E-state index in [1.54, 1.807) is 13.0 Å². The van der Waals surface area contributed by atoms with Crippen LogP contribution in [0.15, 0.2) is 12.1 Å². The number of fused-ring (bicyclic) bond motifs is 1. The first-order valence-corrected chi connectivity index (χ1v) is 8.00. The van der Waals surface area contributed by atoms with Gasteiger partial charge in [0.05, 0.1) is 17.9 Å². The lowest BCUT2D eigenvalue weighted by molar-refractivity contribution is -0.145. The van der Waals surface area contributed by atoms with E-state index in [2.05, 4.69) is 0 Å². The summed E-state index contributed by atoms with van der Waals surface area (Å²) in [5.41, 5.74) is 1.47. The predicted octanol–water partition coefficient (Wildman–Crippen LogP) is 4.43. The van der Waals surface area contributed by atoms with Crippen LogP contribution >= 0.6 is 11.3 Å². The van der Waals surface area contributed by atoms with Crippen LogP contribution in [0.3, 0.4) is 0 Å². The van der Waals surface area contributed by atoms with Crippen molar-refractivity contribution in [1.29, 1.82) is 0 Å². The minimum Gasteiger partial charge on any atom is -0.469 e. The van der Waals surface area contributed by atoms with Gasteiger partial charge in [-0.2, -0.15) is 0 Å². The third-order valence-corrected chi connectivity index (χ3v) is 5.12. The summed E-state index contributed by atoms with van der Waals surface area (Å²) in [6.07, 6.45) is 0.630. The molecule has 1 atom stereocenters. The fraction of sp³-hybridized carbons (Fsp3) is 0.412. The van der Waals surface area contributed by atoms with Gasteiger partial charge in [-0.3, -0.25) is 9.59 Å². The van der Waals surface area contributed by atoms with Gasteiger partial charge in [0, 0.05) is 16.5 Å². The Kier molecular flexibility index (Phi) is 4.96. The van der Waals surface area contributed by atoms with Crippen LogP contribution in [0.25, 0.3) is 10.1 Å². The maximum atomic E-state index is 14.3. The largest absolute Gasteiger partial charge is 0.469 e. The standard InChI is InChI=1S/C17H19FO3S/c1-5-11(17(20)21-4)7-13(19)15-8-12-14(22-15)6-9(2)10(3)16(12)18/h6,8,11H,5,7H2,1-4H3. The molecule has 0 saturated heterocycles. The second kappa shape index (κ2) is 6.57. The summed E-state index contributed by atoms with van der Waals surface area (Å²) >= 11 is 1.27. The number of esters is 1. The smallest absolute Gasteiger partial charge is 0.309 e. The number of rotatable bonds is 5. The summed E-state index contributed by atoms with van der Waals surface area (Å²) in [5.74, 6) is -1.25. The van der Waals surface area contributed by atoms with Crippen LogP contribution in [-0.4, -0.2) is 18.9 Å². The molecule has 0 bridgehead atoms. The summed E-state index contributed by atoms with van der Waals surface area (Å²) in [5, 5.41) is 0.475. The van der Waals surface area contributed by atoms with E-state index in [1.165, 1.54) is 18.4 Å². The molecule has 118 valence electrons. The van der Waals surface area contributed by atoms with Crippen molar-refractivity contribution in [3.8, 4) is 0 Å². The van der Waals surface area contributed by atoms with Gasteiger partial charge in [0.15, 0.2) is 5.78 Å². The number of ketones is 1. The molecule has 0 fully saturated rings. The van der Waals surface area contributed by atoms with E-state index >= 15 is 0 Å². The molecule has 1 aromatic heterocycles. The van der Waals surface area contributed by atoms with Gasteiger partial charge in [-0.15, -0.1) is 11.3 Å². The number of methoxy groups -OCH3 is 1. The van der Waals surface area contributed by atoms with Crippen LogP contribution in [0.4, 0.5) is 4.39 Å². The van der Waals surface area contributed by atoms with E-state index in [0.717, 1.165) is 10.3 Å². The molecule has 0 N–H and O–H groups in total. The summed E-state index contributed by atoms with van der Waals surface area (Å²) in [6.45, 7) is 5.42. The van der Waals surface area contributed by atoms with E-state index in [4.69, 9.17) is 4.74 Å². The molecule has 0 aliphatic carbocycles. The molecular formula is C17H19FO3S. The predicted molar refractivity (Wildman–Crippen MR) is 86.0 cm³/mol. The molecule has 0 radical (unpaired) electrons. The van der Waals surface area contributed by atoms with Crippen molar-refractivity contribution in [1.82, 2.24) is 0 Å². The SMILES string of the molecule is CCC(CC(=O)c1cc2c(F)c(C)c(C)cc2s1)C(=O)OC. The van der Waals surface area contributed by atoms with Gasteiger partial charge < -0.3 is 4.74 Å². The van der Waals surface area contributed by atoms with Crippen molar-refractivity contribution >= 4 is 33.2 Å². The second-order valence-corrected chi connectivity index (χ2v) is 6.49. The fourth-order valence-electron chi connectivity index (χ4n) is 2.39. The van der Waals surface area contributed by atoms with E-state index < -0.39 is 5.92 Å². The molecule has 1 unspecified atom stereocenters. The van der Waals surface area contributed by atoms with Crippen molar-refractivity contribution in [3.63, 3.8) is 0 Å². The van der Waals surface area contributed by atoms with Crippen molar-refractivity contribution in [3.05, 3.63) is 34.0 Å². The average Bonchev–Trinajstić information content (AvgIpc) is 2.93. The molecular weight excluding hydrogens is 303 g/mol. The zero-order valence-electron chi connectivity index (χ0n) is 13.2. The van der Waals surface area contributed by atoms with Crippen molar-refractivity contribution in [2.45, 2.75) is 33.6 Å². The highest BCUT2D eigenvalue weighted by atomic mass is 32.1. The molecule has 0 amide bonds. The number of hydrogen-bond acceptors (Lipinski definition) is 4. The van der Waals surface area contributed by atoms with Crippen LogP contribution in [0, 0.1) is 25.6 Å². The Labute approximate surface area is 133 Å². The van der Waals surface area contributed by atoms with Crippen LogP contribution in [0.1, 0.15) is 40.6 Å². The number of hydrogen-bond donors (Lipinski definition) is 0. The first-order chi connectivity index (χ1) is 10.4. The first kappa shape index (κ1) is 16.6. The summed E-state index contributed by atoms with van der Waals surface area (Å²) in [4.78, 5) is 24.4. The number of halogens is 1. The summed E-state index contributed by atoms with van der Waals surface area (Å²) in [6, 6.07) is 3.49. The molecule has 3 nitrogen and oxygen atoms in total. The Hall–Kier alpha value is -1.75. The van der Waals surface area contributed by atoms with Gasteiger partial charge in [0.25, 0.3) is 0 Å². The Bertz CT molecular complexity index is 733. The third-order valence-electron chi connectivity index (χ3n) is 4.00. The average molecular weight is 322 g/mol. The van der Waals surface area contributed by atoms with E-state index in [1.807, 2.05) is 19.9 Å². The number of benzene rings is 1. The number of thiophene rings is 1. The minimum atomic E-state index is -0.448. The van der Waals surface area contributed by atoms with Crippen molar-refractivity contribution in [2.24, 2.45) is 5.92 Å². The number of aryl methyl sites for hydroxylation is 1. The lowest BCUT2D eigenvalue weighted by Gasteiger charge is -2.10. The molecule has 2 rings (SSSR count). The zero-order chi connectivity index (χ0) is 16.4. The lowest BCUT2D eigenvalue weighted by Crippen LogP contribution is -2.18. The monoisotopic (exact) mass is 322 g/mol. The van der Waals surface area contributed by atoms with Gasteiger partial charge in [0.1, 0.15) is 5.82 Å². The number of Topliss-reactive ketones (excluding diaryl/α,β-unsaturated/α-hetero) is 1. The molecule has 2 aromatic rings. The summed E-state index contributed by atoms with van der Waals surface area (Å²) in [7, 11) is 1.32. The molecule has 1 aromatic carbocycles. The molecule has 5 heteroatoms. The van der Waals surface area contributed by atoms with Gasteiger partial charge in [0.2, 0.25) is 0 Å². The Balaban J connectivity index is 2.33. The van der Waals surface area contributed by atoms with Crippen LogP contribution < -0.4 is 0 Å². The highest BCUT2D eigenvalue weighted by Crippen LogP contribution is 2.32.